The molecule has 218 valence electrons. The molecule has 1 fully saturated rings. The topological polar surface area (TPSA) is 86.8 Å². The summed E-state index contributed by atoms with van der Waals surface area (Å²) in [5, 5.41) is 3.18. The lowest BCUT2D eigenvalue weighted by molar-refractivity contribution is -0.140. The summed E-state index contributed by atoms with van der Waals surface area (Å²) in [4.78, 5) is 29.4. The van der Waals surface area contributed by atoms with E-state index in [-0.39, 0.29) is 23.4 Å². The van der Waals surface area contributed by atoms with Crippen molar-refractivity contribution in [2.75, 3.05) is 10.8 Å². The molecular weight excluding hydrogens is 602 g/mol. The number of hydrogen-bond donors (Lipinski definition) is 1. The number of benzene rings is 3. The van der Waals surface area contributed by atoms with Gasteiger partial charge in [-0.05, 0) is 68.1 Å². The molecule has 1 saturated carbocycles. The standard InChI is InChI=1S/C32H38BrN3O4S/c1-3-30(32(38)34-27-10-6-4-7-11-27)35(22-25-16-14-24(2)15-17-25)31(37)23-36(28-20-18-26(33)19-21-28)41(39,40)29-12-8-5-9-13-29/h5,8-9,12-21,27,30H,3-4,6-7,10-11,22-23H2,1-2H3,(H,34,38)/t30-/m1/s1. The van der Waals surface area contributed by atoms with Gasteiger partial charge in [-0.1, -0.05) is 90.1 Å². The highest BCUT2D eigenvalue weighted by atomic mass is 79.9. The van der Waals surface area contributed by atoms with Gasteiger partial charge < -0.3 is 10.2 Å². The Morgan fingerprint density at radius 1 is 0.927 bits per heavy atom. The van der Waals surface area contributed by atoms with Crippen LogP contribution in [0.1, 0.15) is 56.6 Å². The SMILES string of the molecule is CC[C@H](C(=O)NC1CCCCC1)N(Cc1ccc(C)cc1)C(=O)CN(c1ccc(Br)cc1)S(=O)(=O)c1ccccc1. The van der Waals surface area contributed by atoms with E-state index < -0.39 is 28.5 Å². The van der Waals surface area contributed by atoms with E-state index >= 15 is 0 Å². The first-order valence-corrected chi connectivity index (χ1v) is 16.4. The summed E-state index contributed by atoms with van der Waals surface area (Å²) in [6.45, 7) is 3.62. The average molecular weight is 641 g/mol. The molecule has 0 heterocycles. The van der Waals surface area contributed by atoms with Crippen LogP contribution in [0.4, 0.5) is 5.69 Å². The molecule has 1 N–H and O–H groups in total. The van der Waals surface area contributed by atoms with Gasteiger partial charge in [-0.25, -0.2) is 8.42 Å². The number of amides is 2. The first-order chi connectivity index (χ1) is 19.7. The minimum atomic E-state index is -4.08. The van der Waals surface area contributed by atoms with Crippen molar-refractivity contribution in [3.63, 3.8) is 0 Å². The Hall–Kier alpha value is -3.17. The number of nitrogens with one attached hydrogen (secondary N) is 1. The van der Waals surface area contributed by atoms with Crippen LogP contribution < -0.4 is 9.62 Å². The molecule has 41 heavy (non-hydrogen) atoms. The van der Waals surface area contributed by atoms with Crippen LogP contribution in [0.25, 0.3) is 0 Å². The summed E-state index contributed by atoms with van der Waals surface area (Å²) in [7, 11) is -4.08. The fourth-order valence-corrected chi connectivity index (χ4v) is 6.91. The second-order valence-corrected chi connectivity index (χ2v) is 13.4. The first kappa shape index (κ1) is 30.8. The van der Waals surface area contributed by atoms with Gasteiger partial charge in [0.05, 0.1) is 10.6 Å². The largest absolute Gasteiger partial charge is 0.352 e. The van der Waals surface area contributed by atoms with Gasteiger partial charge in [0.15, 0.2) is 0 Å². The first-order valence-electron chi connectivity index (χ1n) is 14.2. The van der Waals surface area contributed by atoms with Crippen LogP contribution in [-0.4, -0.2) is 43.8 Å². The molecule has 3 aromatic rings. The predicted octanol–water partition coefficient (Wildman–Crippen LogP) is 6.21. The molecule has 9 heteroatoms. The van der Waals surface area contributed by atoms with Gasteiger partial charge in [0.25, 0.3) is 10.0 Å². The number of anilines is 1. The lowest BCUT2D eigenvalue weighted by Gasteiger charge is -2.34. The highest BCUT2D eigenvalue weighted by Crippen LogP contribution is 2.26. The quantitative estimate of drug-likeness (QED) is 0.270. The third kappa shape index (κ3) is 7.98. The molecule has 1 aliphatic rings. The Bertz CT molecular complexity index is 1410. The molecule has 0 unspecified atom stereocenters. The molecule has 7 nitrogen and oxygen atoms in total. The summed E-state index contributed by atoms with van der Waals surface area (Å²) >= 11 is 3.40. The van der Waals surface area contributed by atoms with Crippen LogP contribution in [0.15, 0.2) is 88.2 Å². The fraction of sp³-hybridized carbons (Fsp3) is 0.375. The Labute approximate surface area is 252 Å². The van der Waals surface area contributed by atoms with Crippen LogP contribution in [0, 0.1) is 6.92 Å². The Balaban J connectivity index is 1.68. The summed E-state index contributed by atoms with van der Waals surface area (Å²) in [5.41, 5.74) is 2.32. The Morgan fingerprint density at radius 3 is 2.17 bits per heavy atom. The molecule has 2 amide bonds. The van der Waals surface area contributed by atoms with Gasteiger partial charge in [0.1, 0.15) is 12.6 Å². The second kappa shape index (κ2) is 14.1. The Morgan fingerprint density at radius 2 is 1.56 bits per heavy atom. The molecule has 0 aliphatic heterocycles. The minimum Gasteiger partial charge on any atom is -0.352 e. The number of nitrogens with zero attached hydrogens (tertiary/aromatic N) is 2. The fourth-order valence-electron chi connectivity index (χ4n) is 5.21. The van der Waals surface area contributed by atoms with Crippen molar-refractivity contribution in [1.29, 1.82) is 0 Å². The van der Waals surface area contributed by atoms with Crippen LogP contribution in [0.2, 0.25) is 0 Å². The molecule has 0 spiro atoms. The zero-order valence-corrected chi connectivity index (χ0v) is 26.0. The Kier molecular flexibility index (Phi) is 10.6. The summed E-state index contributed by atoms with van der Waals surface area (Å²) in [5.74, 6) is -0.639. The maximum atomic E-state index is 14.2. The zero-order chi connectivity index (χ0) is 29.4. The van der Waals surface area contributed by atoms with E-state index in [1.807, 2.05) is 38.1 Å². The van der Waals surface area contributed by atoms with Crippen LogP contribution in [-0.2, 0) is 26.2 Å². The lowest BCUT2D eigenvalue weighted by Crippen LogP contribution is -2.54. The molecule has 0 aromatic heterocycles. The van der Waals surface area contributed by atoms with Crippen molar-refractivity contribution in [3.8, 4) is 0 Å². The highest BCUT2D eigenvalue weighted by molar-refractivity contribution is 9.10. The number of sulfonamides is 1. The molecular formula is C32H38BrN3O4S. The zero-order valence-electron chi connectivity index (χ0n) is 23.6. The van der Waals surface area contributed by atoms with Gasteiger partial charge in [-0.3, -0.25) is 13.9 Å². The van der Waals surface area contributed by atoms with Crippen molar-refractivity contribution in [2.24, 2.45) is 0 Å². The minimum absolute atomic E-state index is 0.0860. The maximum absolute atomic E-state index is 14.2. The van der Waals surface area contributed by atoms with E-state index in [0.29, 0.717) is 12.1 Å². The van der Waals surface area contributed by atoms with Crippen molar-refractivity contribution < 1.29 is 18.0 Å². The average Bonchev–Trinajstić information content (AvgIpc) is 2.98. The van der Waals surface area contributed by atoms with Gasteiger partial charge in [-0.15, -0.1) is 0 Å². The summed E-state index contributed by atoms with van der Waals surface area (Å²) in [6.07, 6.45) is 5.59. The van der Waals surface area contributed by atoms with E-state index in [9.17, 15) is 18.0 Å². The number of halogens is 1. The van der Waals surface area contributed by atoms with Crippen molar-refractivity contribution in [3.05, 3.63) is 94.5 Å². The second-order valence-electron chi connectivity index (χ2n) is 10.6. The van der Waals surface area contributed by atoms with Crippen LogP contribution >= 0.6 is 15.9 Å². The smallest absolute Gasteiger partial charge is 0.264 e. The van der Waals surface area contributed by atoms with Gasteiger partial charge >= 0.3 is 0 Å². The van der Waals surface area contributed by atoms with Gasteiger partial charge in [0.2, 0.25) is 11.8 Å². The summed E-state index contributed by atoms with van der Waals surface area (Å²) in [6, 6.07) is 22.1. The molecule has 0 radical (unpaired) electrons. The van der Waals surface area contributed by atoms with Crippen LogP contribution in [0.3, 0.4) is 0 Å². The summed E-state index contributed by atoms with van der Waals surface area (Å²) < 4.78 is 29.7. The number of hydrogen-bond acceptors (Lipinski definition) is 4. The third-order valence-electron chi connectivity index (χ3n) is 7.54. The van der Waals surface area contributed by atoms with E-state index in [4.69, 9.17) is 0 Å². The molecule has 1 atom stereocenters. The lowest BCUT2D eigenvalue weighted by atomic mass is 9.95. The van der Waals surface area contributed by atoms with Crippen molar-refractivity contribution in [1.82, 2.24) is 10.2 Å². The van der Waals surface area contributed by atoms with Gasteiger partial charge in [-0.2, -0.15) is 0 Å². The molecule has 4 rings (SSSR count). The third-order valence-corrected chi connectivity index (χ3v) is 9.85. The van der Waals surface area contributed by atoms with E-state index in [2.05, 4.69) is 21.2 Å². The van der Waals surface area contributed by atoms with E-state index in [1.54, 1.807) is 42.5 Å². The monoisotopic (exact) mass is 639 g/mol. The number of rotatable bonds is 11. The van der Waals surface area contributed by atoms with E-state index in [0.717, 1.165) is 45.6 Å². The van der Waals surface area contributed by atoms with Crippen molar-refractivity contribution >= 4 is 43.5 Å². The maximum Gasteiger partial charge on any atom is 0.264 e. The number of carbonyl (C=O) groups excluding carboxylic acids is 2. The normalized spacial score (nSPS) is 14.7. The molecule has 0 bridgehead atoms. The van der Waals surface area contributed by atoms with Crippen LogP contribution in [0.5, 0.6) is 0 Å². The van der Waals surface area contributed by atoms with E-state index in [1.165, 1.54) is 23.5 Å². The van der Waals surface area contributed by atoms with Crippen molar-refractivity contribution in [2.45, 2.75) is 75.9 Å². The van der Waals surface area contributed by atoms with Gasteiger partial charge in [0, 0.05) is 17.1 Å². The number of carbonyl (C=O) groups is 2. The number of aryl methyl sites for hydroxylation is 1. The molecule has 0 saturated heterocycles. The highest BCUT2D eigenvalue weighted by Gasteiger charge is 2.34. The molecule has 1 aliphatic carbocycles. The molecule has 3 aromatic carbocycles. The predicted molar refractivity (Wildman–Crippen MR) is 166 cm³/mol.